The summed E-state index contributed by atoms with van der Waals surface area (Å²) >= 11 is 0. The molecule has 17 heavy (non-hydrogen) atoms. The summed E-state index contributed by atoms with van der Waals surface area (Å²) in [5.41, 5.74) is 1.27. The molecule has 0 spiro atoms. The smallest absolute Gasteiger partial charge is 0.0951 e. The van der Waals surface area contributed by atoms with E-state index in [-0.39, 0.29) is 0 Å². The van der Waals surface area contributed by atoms with Gasteiger partial charge < -0.3 is 9.88 Å². The summed E-state index contributed by atoms with van der Waals surface area (Å²) in [4.78, 5) is 4.22. The van der Waals surface area contributed by atoms with Crippen LogP contribution in [-0.4, -0.2) is 15.6 Å². The van der Waals surface area contributed by atoms with Gasteiger partial charge in [-0.15, -0.1) is 0 Å². The number of aromatic nitrogens is 2. The Balaban J connectivity index is 2.36. The van der Waals surface area contributed by atoms with E-state index in [2.05, 4.69) is 49.5 Å². The Kier molecular flexibility index (Phi) is 5.69. The van der Waals surface area contributed by atoms with Gasteiger partial charge in [-0.2, -0.15) is 0 Å². The van der Waals surface area contributed by atoms with Crippen LogP contribution in [0.5, 0.6) is 0 Å². The van der Waals surface area contributed by atoms with Gasteiger partial charge in [-0.25, -0.2) is 4.98 Å². The van der Waals surface area contributed by atoms with Gasteiger partial charge in [0.05, 0.1) is 12.0 Å². The summed E-state index contributed by atoms with van der Waals surface area (Å²) in [6.45, 7) is 12.1. The Bertz CT molecular complexity index is 315. The fourth-order valence-electron chi connectivity index (χ4n) is 1.90. The lowest BCUT2D eigenvalue weighted by atomic mass is 10.0. The summed E-state index contributed by atoms with van der Waals surface area (Å²) in [6, 6.07) is 1.06. The highest BCUT2D eigenvalue weighted by molar-refractivity contribution is 4.99. The molecule has 0 aliphatic heterocycles. The molecule has 1 atom stereocenters. The predicted molar refractivity (Wildman–Crippen MR) is 73.0 cm³/mol. The van der Waals surface area contributed by atoms with Crippen molar-refractivity contribution in [3.05, 3.63) is 18.2 Å². The van der Waals surface area contributed by atoms with E-state index in [1.165, 1.54) is 18.5 Å². The van der Waals surface area contributed by atoms with Crippen LogP contribution in [0.4, 0.5) is 0 Å². The second kappa shape index (κ2) is 6.80. The Morgan fingerprint density at radius 2 is 1.88 bits per heavy atom. The van der Waals surface area contributed by atoms with Crippen molar-refractivity contribution in [3.63, 3.8) is 0 Å². The first-order valence-corrected chi connectivity index (χ1v) is 6.74. The monoisotopic (exact) mass is 237 g/mol. The Morgan fingerprint density at radius 1 is 1.18 bits per heavy atom. The molecule has 1 N–H and O–H groups in total. The lowest BCUT2D eigenvalue weighted by Gasteiger charge is -2.17. The second-order valence-electron chi connectivity index (χ2n) is 5.64. The van der Waals surface area contributed by atoms with Crippen LogP contribution in [0.25, 0.3) is 0 Å². The number of imidazole rings is 1. The van der Waals surface area contributed by atoms with Crippen LogP contribution in [-0.2, 0) is 6.54 Å². The van der Waals surface area contributed by atoms with Crippen molar-refractivity contribution in [1.82, 2.24) is 14.9 Å². The normalized spacial score (nSPS) is 13.6. The highest BCUT2D eigenvalue weighted by atomic mass is 15.1. The maximum absolute atomic E-state index is 4.22. The van der Waals surface area contributed by atoms with Crippen LogP contribution < -0.4 is 5.32 Å². The standard InChI is InChI=1S/C14H27N3/c1-11(2)6-7-13(5)16-9-14-8-15-10-17(14)12(3)4/h8,10-13,16H,6-7,9H2,1-5H3. The summed E-state index contributed by atoms with van der Waals surface area (Å²) in [5, 5.41) is 3.57. The van der Waals surface area contributed by atoms with E-state index in [4.69, 9.17) is 0 Å². The molecule has 0 radical (unpaired) electrons. The van der Waals surface area contributed by atoms with E-state index in [9.17, 15) is 0 Å². The third-order valence-corrected chi connectivity index (χ3v) is 3.11. The Morgan fingerprint density at radius 3 is 2.47 bits per heavy atom. The van der Waals surface area contributed by atoms with Crippen LogP contribution in [0.3, 0.4) is 0 Å². The minimum absolute atomic E-state index is 0.486. The molecule has 1 aromatic heterocycles. The van der Waals surface area contributed by atoms with Crippen molar-refractivity contribution >= 4 is 0 Å². The molecule has 3 nitrogen and oxygen atoms in total. The number of nitrogens with zero attached hydrogens (tertiary/aromatic N) is 2. The summed E-state index contributed by atoms with van der Waals surface area (Å²) < 4.78 is 2.22. The van der Waals surface area contributed by atoms with Gasteiger partial charge in [0.15, 0.2) is 0 Å². The molecule has 0 aliphatic carbocycles. The van der Waals surface area contributed by atoms with E-state index in [0.29, 0.717) is 12.1 Å². The SMILES string of the molecule is CC(C)CCC(C)NCc1cncn1C(C)C. The first-order valence-electron chi connectivity index (χ1n) is 6.74. The Labute approximate surface area is 106 Å². The molecule has 1 rings (SSSR count). The maximum Gasteiger partial charge on any atom is 0.0951 e. The molecule has 3 heteroatoms. The fourth-order valence-corrected chi connectivity index (χ4v) is 1.90. The van der Waals surface area contributed by atoms with Gasteiger partial charge in [-0.05, 0) is 39.5 Å². The van der Waals surface area contributed by atoms with Crippen molar-refractivity contribution in [2.24, 2.45) is 5.92 Å². The van der Waals surface area contributed by atoms with Crippen molar-refractivity contribution in [2.75, 3.05) is 0 Å². The molecule has 0 aromatic carbocycles. The largest absolute Gasteiger partial charge is 0.331 e. The molecule has 1 aromatic rings. The molecule has 1 heterocycles. The van der Waals surface area contributed by atoms with Crippen LogP contribution in [0, 0.1) is 5.92 Å². The van der Waals surface area contributed by atoms with Crippen molar-refractivity contribution in [1.29, 1.82) is 0 Å². The van der Waals surface area contributed by atoms with Gasteiger partial charge in [-0.3, -0.25) is 0 Å². The highest BCUT2D eigenvalue weighted by Gasteiger charge is 2.07. The van der Waals surface area contributed by atoms with Gasteiger partial charge in [0.2, 0.25) is 0 Å². The zero-order valence-corrected chi connectivity index (χ0v) is 11.9. The van der Waals surface area contributed by atoms with Crippen molar-refractivity contribution < 1.29 is 0 Å². The van der Waals surface area contributed by atoms with E-state index in [1.807, 2.05) is 12.5 Å². The quantitative estimate of drug-likeness (QED) is 0.788. The maximum atomic E-state index is 4.22. The minimum atomic E-state index is 0.486. The van der Waals surface area contributed by atoms with Crippen LogP contribution in [0.1, 0.15) is 59.2 Å². The van der Waals surface area contributed by atoms with E-state index in [0.717, 1.165) is 12.5 Å². The molecule has 0 fully saturated rings. The van der Waals surface area contributed by atoms with Crippen LogP contribution in [0.15, 0.2) is 12.5 Å². The molecule has 0 saturated heterocycles. The Hall–Kier alpha value is -0.830. The fraction of sp³-hybridized carbons (Fsp3) is 0.786. The minimum Gasteiger partial charge on any atom is -0.331 e. The molecule has 1 unspecified atom stereocenters. The van der Waals surface area contributed by atoms with Crippen LogP contribution >= 0.6 is 0 Å². The first-order chi connectivity index (χ1) is 8.00. The van der Waals surface area contributed by atoms with E-state index < -0.39 is 0 Å². The second-order valence-corrected chi connectivity index (χ2v) is 5.64. The third kappa shape index (κ3) is 4.90. The summed E-state index contributed by atoms with van der Waals surface area (Å²) in [7, 11) is 0. The number of hydrogen-bond acceptors (Lipinski definition) is 2. The number of rotatable bonds is 7. The predicted octanol–water partition coefficient (Wildman–Crippen LogP) is 3.38. The molecule has 0 bridgehead atoms. The van der Waals surface area contributed by atoms with E-state index in [1.54, 1.807) is 0 Å². The molecule has 0 amide bonds. The van der Waals surface area contributed by atoms with E-state index >= 15 is 0 Å². The molecule has 0 saturated carbocycles. The molecular weight excluding hydrogens is 210 g/mol. The third-order valence-electron chi connectivity index (χ3n) is 3.11. The van der Waals surface area contributed by atoms with Gasteiger partial charge in [0.1, 0.15) is 0 Å². The molecule has 0 aliphatic rings. The summed E-state index contributed by atoms with van der Waals surface area (Å²) in [5.74, 6) is 0.792. The van der Waals surface area contributed by atoms with Crippen molar-refractivity contribution in [2.45, 2.75) is 66.1 Å². The van der Waals surface area contributed by atoms with Gasteiger partial charge in [0.25, 0.3) is 0 Å². The lowest BCUT2D eigenvalue weighted by Crippen LogP contribution is -2.27. The molecular formula is C14H27N3. The van der Waals surface area contributed by atoms with Gasteiger partial charge in [-0.1, -0.05) is 13.8 Å². The number of hydrogen-bond donors (Lipinski definition) is 1. The molecule has 98 valence electrons. The zero-order chi connectivity index (χ0) is 12.8. The average molecular weight is 237 g/mol. The summed E-state index contributed by atoms with van der Waals surface area (Å²) in [6.07, 6.45) is 6.41. The number of nitrogens with one attached hydrogen (secondary N) is 1. The average Bonchev–Trinajstić information content (AvgIpc) is 2.71. The zero-order valence-electron chi connectivity index (χ0n) is 11.9. The van der Waals surface area contributed by atoms with Crippen molar-refractivity contribution in [3.8, 4) is 0 Å². The van der Waals surface area contributed by atoms with Gasteiger partial charge >= 0.3 is 0 Å². The van der Waals surface area contributed by atoms with Crippen LogP contribution in [0.2, 0.25) is 0 Å². The topological polar surface area (TPSA) is 29.9 Å². The lowest BCUT2D eigenvalue weighted by molar-refractivity contribution is 0.440. The first kappa shape index (κ1) is 14.2. The van der Waals surface area contributed by atoms with Gasteiger partial charge in [0, 0.05) is 24.8 Å². The highest BCUT2D eigenvalue weighted by Crippen LogP contribution is 2.10.